The van der Waals surface area contributed by atoms with Crippen LogP contribution in [0.15, 0.2) is 48.5 Å². The maximum absolute atomic E-state index is 12.7. The highest BCUT2D eigenvalue weighted by atomic mass is 32.1. The molecule has 0 radical (unpaired) electrons. The Hall–Kier alpha value is -2.77. The van der Waals surface area contributed by atoms with Crippen molar-refractivity contribution in [3.8, 4) is 0 Å². The molecule has 1 saturated heterocycles. The molecule has 1 aliphatic heterocycles. The van der Waals surface area contributed by atoms with E-state index in [1.807, 2.05) is 67.3 Å². The molecule has 3 aromatic rings. The predicted molar refractivity (Wildman–Crippen MR) is 121 cm³/mol. The maximum Gasteiger partial charge on any atom is 0.243 e. The molecule has 1 aliphatic rings. The Balaban J connectivity index is 1.28. The van der Waals surface area contributed by atoms with E-state index in [2.05, 4.69) is 15.2 Å². The van der Waals surface area contributed by atoms with Gasteiger partial charge in [0.25, 0.3) is 0 Å². The first-order valence-corrected chi connectivity index (χ1v) is 11.0. The van der Waals surface area contributed by atoms with Gasteiger partial charge in [-0.3, -0.25) is 14.5 Å². The van der Waals surface area contributed by atoms with E-state index in [1.54, 1.807) is 0 Å². The van der Waals surface area contributed by atoms with E-state index in [1.165, 1.54) is 16.9 Å². The fraction of sp³-hybridized carbons (Fsp3) is 0.348. The zero-order valence-electron chi connectivity index (χ0n) is 17.3. The van der Waals surface area contributed by atoms with Gasteiger partial charge in [-0.15, -0.1) is 0 Å². The van der Waals surface area contributed by atoms with Crippen molar-refractivity contribution in [1.29, 1.82) is 0 Å². The van der Waals surface area contributed by atoms with Crippen molar-refractivity contribution in [2.24, 2.45) is 0 Å². The van der Waals surface area contributed by atoms with Crippen LogP contribution in [0.2, 0.25) is 0 Å². The fourth-order valence-electron chi connectivity index (χ4n) is 3.65. The Morgan fingerprint density at radius 1 is 1.07 bits per heavy atom. The molecule has 30 heavy (non-hydrogen) atoms. The van der Waals surface area contributed by atoms with E-state index < -0.39 is 0 Å². The number of carbonyl (C=O) groups excluding carboxylic acids is 2. The topological polar surface area (TPSA) is 65.5 Å². The third-order valence-electron chi connectivity index (χ3n) is 5.59. The number of hydrogen-bond acceptors (Lipinski definition) is 5. The van der Waals surface area contributed by atoms with Crippen LogP contribution in [0.1, 0.15) is 18.1 Å². The molecule has 7 heteroatoms. The summed E-state index contributed by atoms with van der Waals surface area (Å²) in [5.41, 5.74) is 3.13. The monoisotopic (exact) mass is 422 g/mol. The number of aryl methyl sites for hydroxylation is 1. The van der Waals surface area contributed by atoms with Gasteiger partial charge < -0.3 is 10.2 Å². The summed E-state index contributed by atoms with van der Waals surface area (Å²) < 4.78 is 1.06. The van der Waals surface area contributed by atoms with E-state index in [9.17, 15) is 9.59 Å². The lowest BCUT2D eigenvalue weighted by atomic mass is 10.1. The van der Waals surface area contributed by atoms with Gasteiger partial charge in [-0.1, -0.05) is 53.3 Å². The van der Waals surface area contributed by atoms with Crippen LogP contribution in [0.5, 0.6) is 0 Å². The second-order valence-electron chi connectivity index (χ2n) is 7.73. The van der Waals surface area contributed by atoms with Crippen molar-refractivity contribution in [1.82, 2.24) is 14.8 Å². The first-order valence-electron chi connectivity index (χ1n) is 10.2. The van der Waals surface area contributed by atoms with E-state index in [4.69, 9.17) is 0 Å². The average molecular weight is 423 g/mol. The molecule has 0 spiro atoms. The Bertz CT molecular complexity index is 1010. The number of anilines is 1. The minimum absolute atomic E-state index is 0.0616. The summed E-state index contributed by atoms with van der Waals surface area (Å²) in [6, 6.07) is 15.7. The zero-order valence-corrected chi connectivity index (χ0v) is 18.1. The third-order valence-corrected chi connectivity index (χ3v) is 6.55. The lowest BCUT2D eigenvalue weighted by molar-refractivity contribution is -0.133. The minimum atomic E-state index is -0.272. The molecule has 0 aliphatic carbocycles. The van der Waals surface area contributed by atoms with Gasteiger partial charge >= 0.3 is 0 Å². The molecule has 0 bridgehead atoms. The number of para-hydroxylation sites is 1. The molecule has 156 valence electrons. The Morgan fingerprint density at radius 3 is 2.47 bits per heavy atom. The van der Waals surface area contributed by atoms with Crippen LogP contribution in [0.25, 0.3) is 10.2 Å². The molecule has 1 unspecified atom stereocenters. The lowest BCUT2D eigenvalue weighted by Crippen LogP contribution is -2.54. The molecule has 2 amide bonds. The molecule has 2 aromatic carbocycles. The standard InChI is InChI=1S/C23H26N4O2S/c1-16-7-9-18(10-8-16)15-21(28)27-13-11-26(12-14-27)17(2)22(29)25-23-24-19-5-3-4-6-20(19)30-23/h3-10,17H,11-15H2,1-2H3,(H,24,25,29). The number of aromatic nitrogens is 1. The summed E-state index contributed by atoms with van der Waals surface area (Å²) in [6.45, 7) is 6.61. The summed E-state index contributed by atoms with van der Waals surface area (Å²) in [6.07, 6.45) is 0.425. The van der Waals surface area contributed by atoms with Crippen molar-refractivity contribution in [3.05, 3.63) is 59.7 Å². The predicted octanol–water partition coefficient (Wildman–Crippen LogP) is 3.32. The van der Waals surface area contributed by atoms with Crippen LogP contribution >= 0.6 is 11.3 Å². The van der Waals surface area contributed by atoms with Crippen LogP contribution in [0.3, 0.4) is 0 Å². The van der Waals surface area contributed by atoms with E-state index in [0.717, 1.165) is 15.8 Å². The fourth-order valence-corrected chi connectivity index (χ4v) is 4.52. The Morgan fingerprint density at radius 2 is 1.77 bits per heavy atom. The number of nitrogens with one attached hydrogen (secondary N) is 1. The minimum Gasteiger partial charge on any atom is -0.340 e. The van der Waals surface area contributed by atoms with Gasteiger partial charge in [0.05, 0.1) is 22.7 Å². The number of amides is 2. The first kappa shape index (κ1) is 20.5. The number of thiazole rings is 1. The van der Waals surface area contributed by atoms with Gasteiger partial charge in [0.1, 0.15) is 0 Å². The lowest BCUT2D eigenvalue weighted by Gasteiger charge is -2.37. The first-order chi connectivity index (χ1) is 14.5. The number of nitrogens with zero attached hydrogens (tertiary/aromatic N) is 3. The Kier molecular flexibility index (Phi) is 6.11. The van der Waals surface area contributed by atoms with Crippen molar-refractivity contribution < 1.29 is 9.59 Å². The largest absolute Gasteiger partial charge is 0.340 e. The van der Waals surface area contributed by atoms with Gasteiger partial charge in [0, 0.05) is 26.2 Å². The molecule has 1 aromatic heterocycles. The summed E-state index contributed by atoms with van der Waals surface area (Å²) >= 11 is 1.48. The molecule has 0 saturated carbocycles. The van der Waals surface area contributed by atoms with Crippen LogP contribution in [-0.2, 0) is 16.0 Å². The van der Waals surface area contributed by atoms with E-state index in [-0.39, 0.29) is 17.9 Å². The highest BCUT2D eigenvalue weighted by Gasteiger charge is 2.28. The molecule has 2 heterocycles. The summed E-state index contributed by atoms with van der Waals surface area (Å²) in [5, 5.41) is 3.57. The zero-order chi connectivity index (χ0) is 21.1. The van der Waals surface area contributed by atoms with E-state index in [0.29, 0.717) is 37.7 Å². The molecular formula is C23H26N4O2S. The van der Waals surface area contributed by atoms with Gasteiger partial charge in [-0.25, -0.2) is 4.98 Å². The molecule has 4 rings (SSSR count). The molecule has 1 N–H and O–H groups in total. The van der Waals surface area contributed by atoms with Crippen LogP contribution in [0.4, 0.5) is 5.13 Å². The normalized spacial score (nSPS) is 15.9. The quantitative estimate of drug-likeness (QED) is 0.685. The van der Waals surface area contributed by atoms with Gasteiger partial charge in [-0.2, -0.15) is 0 Å². The van der Waals surface area contributed by atoms with Crippen molar-refractivity contribution in [2.75, 3.05) is 31.5 Å². The van der Waals surface area contributed by atoms with Crippen LogP contribution in [0, 0.1) is 6.92 Å². The number of carbonyl (C=O) groups is 2. The molecule has 1 atom stereocenters. The summed E-state index contributed by atoms with van der Waals surface area (Å²) in [7, 11) is 0. The second kappa shape index (κ2) is 8.93. The van der Waals surface area contributed by atoms with E-state index >= 15 is 0 Å². The maximum atomic E-state index is 12.7. The smallest absolute Gasteiger partial charge is 0.243 e. The van der Waals surface area contributed by atoms with Gasteiger partial charge in [0.2, 0.25) is 11.8 Å². The number of benzene rings is 2. The molecule has 1 fully saturated rings. The molecule has 6 nitrogen and oxygen atoms in total. The summed E-state index contributed by atoms with van der Waals surface area (Å²) in [4.78, 5) is 33.8. The second-order valence-corrected chi connectivity index (χ2v) is 8.76. The number of hydrogen-bond donors (Lipinski definition) is 1. The van der Waals surface area contributed by atoms with Crippen LogP contribution < -0.4 is 5.32 Å². The number of fused-ring (bicyclic) bond motifs is 1. The van der Waals surface area contributed by atoms with Crippen molar-refractivity contribution in [3.63, 3.8) is 0 Å². The SMILES string of the molecule is Cc1ccc(CC(=O)N2CCN(C(C)C(=O)Nc3nc4ccccc4s3)CC2)cc1. The van der Waals surface area contributed by atoms with Gasteiger partial charge in [0.15, 0.2) is 5.13 Å². The Labute approximate surface area is 180 Å². The highest BCUT2D eigenvalue weighted by molar-refractivity contribution is 7.22. The van der Waals surface area contributed by atoms with Gasteiger partial charge in [-0.05, 0) is 31.5 Å². The van der Waals surface area contributed by atoms with Crippen LogP contribution in [-0.4, -0.2) is 58.8 Å². The number of piperazine rings is 1. The average Bonchev–Trinajstić information content (AvgIpc) is 3.17. The third kappa shape index (κ3) is 4.68. The molecular weight excluding hydrogens is 396 g/mol. The van der Waals surface area contributed by atoms with Crippen molar-refractivity contribution in [2.45, 2.75) is 26.3 Å². The van der Waals surface area contributed by atoms with Crippen molar-refractivity contribution >= 4 is 38.5 Å². The summed E-state index contributed by atoms with van der Waals surface area (Å²) in [5.74, 6) is 0.0820. The highest BCUT2D eigenvalue weighted by Crippen LogP contribution is 2.25. The number of rotatable bonds is 5.